The van der Waals surface area contributed by atoms with Crippen LogP contribution in [0.4, 0.5) is 0 Å². The van der Waals surface area contributed by atoms with Crippen molar-refractivity contribution in [2.75, 3.05) is 5.75 Å². The van der Waals surface area contributed by atoms with Gasteiger partial charge in [0.25, 0.3) is 10.1 Å². The molecular formula is C16H24O6S. The Morgan fingerprint density at radius 3 is 2.48 bits per heavy atom. The van der Waals surface area contributed by atoms with Gasteiger partial charge in [-0.2, -0.15) is 8.42 Å². The molecule has 130 valence electrons. The van der Waals surface area contributed by atoms with Gasteiger partial charge in [-0.25, -0.2) is 0 Å². The molecular weight excluding hydrogens is 320 g/mol. The third-order valence-electron chi connectivity index (χ3n) is 6.95. The SMILES string of the molecule is CC1(C)[C@@H]2CC[C@@]1(CS(=O)(=O)O[C@@H]1C[C@](C)(O)[C@@H]3O[C@@H]31)C(=O)C2. The van der Waals surface area contributed by atoms with Gasteiger partial charge in [0.1, 0.15) is 24.1 Å². The second kappa shape index (κ2) is 4.36. The summed E-state index contributed by atoms with van der Waals surface area (Å²) in [5, 5.41) is 10.1. The van der Waals surface area contributed by atoms with Gasteiger partial charge in [0.05, 0.1) is 16.8 Å². The lowest BCUT2D eigenvalue weighted by molar-refractivity contribution is -0.128. The Bertz CT molecular complexity index is 666. The number of aliphatic hydroxyl groups is 1. The number of Topliss-reactive ketones (excluding diaryl/α,β-unsaturated/α-hetero) is 1. The van der Waals surface area contributed by atoms with Gasteiger partial charge in [0.15, 0.2) is 0 Å². The van der Waals surface area contributed by atoms with E-state index in [2.05, 4.69) is 0 Å². The number of ketones is 1. The summed E-state index contributed by atoms with van der Waals surface area (Å²) in [6.07, 6.45) is 0.927. The molecule has 0 radical (unpaired) electrons. The molecule has 1 N–H and O–H groups in total. The lowest BCUT2D eigenvalue weighted by Crippen LogP contribution is -2.43. The van der Waals surface area contributed by atoms with Crippen LogP contribution < -0.4 is 0 Å². The van der Waals surface area contributed by atoms with Crippen LogP contribution in [0.15, 0.2) is 0 Å². The zero-order valence-electron chi connectivity index (χ0n) is 13.7. The fourth-order valence-corrected chi connectivity index (χ4v) is 7.17. The second-order valence-electron chi connectivity index (χ2n) is 8.59. The maximum absolute atomic E-state index is 12.6. The molecule has 6 atom stereocenters. The minimum Gasteiger partial charge on any atom is -0.387 e. The highest BCUT2D eigenvalue weighted by atomic mass is 32.2. The zero-order valence-corrected chi connectivity index (χ0v) is 14.6. The van der Waals surface area contributed by atoms with Crippen molar-refractivity contribution in [1.82, 2.24) is 0 Å². The van der Waals surface area contributed by atoms with Gasteiger partial charge in [0, 0.05) is 12.8 Å². The molecule has 23 heavy (non-hydrogen) atoms. The van der Waals surface area contributed by atoms with Crippen LogP contribution in [0, 0.1) is 16.7 Å². The normalized spacial score (nSPS) is 50.3. The molecule has 0 unspecified atom stereocenters. The van der Waals surface area contributed by atoms with Gasteiger partial charge < -0.3 is 9.84 Å². The van der Waals surface area contributed by atoms with Gasteiger partial charge in [-0.1, -0.05) is 13.8 Å². The zero-order chi connectivity index (χ0) is 16.8. The number of carbonyl (C=O) groups is 1. The van der Waals surface area contributed by atoms with Crippen LogP contribution in [0.5, 0.6) is 0 Å². The Labute approximate surface area is 136 Å². The molecule has 0 aromatic rings. The van der Waals surface area contributed by atoms with Crippen LogP contribution in [0.25, 0.3) is 0 Å². The predicted octanol–water partition coefficient (Wildman–Crippen LogP) is 1.02. The molecule has 4 fully saturated rings. The molecule has 2 bridgehead atoms. The molecule has 0 amide bonds. The molecule has 0 aromatic heterocycles. The van der Waals surface area contributed by atoms with Gasteiger partial charge in [-0.05, 0) is 31.1 Å². The Kier molecular flexibility index (Phi) is 3.04. The highest BCUT2D eigenvalue weighted by Gasteiger charge is 2.67. The predicted molar refractivity (Wildman–Crippen MR) is 81.1 cm³/mol. The smallest absolute Gasteiger partial charge is 0.268 e. The van der Waals surface area contributed by atoms with Gasteiger partial charge in [-0.3, -0.25) is 8.98 Å². The van der Waals surface area contributed by atoms with Gasteiger partial charge in [0.2, 0.25) is 0 Å². The third kappa shape index (κ3) is 2.09. The molecule has 4 rings (SSSR count). The van der Waals surface area contributed by atoms with Crippen molar-refractivity contribution in [2.45, 2.75) is 70.4 Å². The first-order valence-electron chi connectivity index (χ1n) is 8.31. The first-order valence-corrected chi connectivity index (χ1v) is 9.88. The van der Waals surface area contributed by atoms with Crippen molar-refractivity contribution in [3.05, 3.63) is 0 Å². The third-order valence-corrected chi connectivity index (χ3v) is 8.34. The Balaban J connectivity index is 1.53. The van der Waals surface area contributed by atoms with Crippen molar-refractivity contribution in [3.63, 3.8) is 0 Å². The standard InChI is InChI=1S/C16H24O6S/c1-14(2)9-4-5-16(14,11(17)6-9)8-23(19,20)22-10-7-15(3,18)13-12(10)21-13/h9-10,12-13,18H,4-8H2,1-3H3/t9-,10-,12-,13-,15+,16-/m1/s1. The molecule has 4 aliphatic rings. The summed E-state index contributed by atoms with van der Waals surface area (Å²) >= 11 is 0. The van der Waals surface area contributed by atoms with Crippen molar-refractivity contribution in [2.24, 2.45) is 16.7 Å². The first-order chi connectivity index (χ1) is 10.5. The number of hydrogen-bond acceptors (Lipinski definition) is 6. The summed E-state index contributed by atoms with van der Waals surface area (Å²) in [7, 11) is -3.86. The lowest BCUT2D eigenvalue weighted by Gasteiger charge is -2.36. The molecule has 1 aliphatic heterocycles. The van der Waals surface area contributed by atoms with Gasteiger partial charge >= 0.3 is 0 Å². The van der Waals surface area contributed by atoms with Crippen molar-refractivity contribution >= 4 is 15.9 Å². The second-order valence-corrected chi connectivity index (χ2v) is 10.2. The fraction of sp³-hybridized carbons (Fsp3) is 0.938. The van der Waals surface area contributed by atoms with E-state index in [4.69, 9.17) is 8.92 Å². The molecule has 0 spiro atoms. The average molecular weight is 344 g/mol. The number of rotatable bonds is 4. The Hall–Kier alpha value is -0.500. The largest absolute Gasteiger partial charge is 0.387 e. The highest BCUT2D eigenvalue weighted by molar-refractivity contribution is 7.86. The average Bonchev–Trinajstić information content (AvgIpc) is 3.08. The number of ether oxygens (including phenoxy) is 1. The van der Waals surface area contributed by atoms with Crippen LogP contribution >= 0.6 is 0 Å². The molecule has 3 saturated carbocycles. The van der Waals surface area contributed by atoms with E-state index in [9.17, 15) is 18.3 Å². The molecule has 7 heteroatoms. The Morgan fingerprint density at radius 1 is 1.35 bits per heavy atom. The first kappa shape index (κ1) is 16.0. The minimum absolute atomic E-state index is 0.0601. The summed E-state index contributed by atoms with van der Waals surface area (Å²) in [5.74, 6) is 0.0803. The van der Waals surface area contributed by atoms with Crippen LogP contribution in [0.1, 0.15) is 46.5 Å². The maximum Gasteiger partial charge on any atom is 0.268 e. The number of carbonyl (C=O) groups excluding carboxylic acids is 1. The summed E-state index contributed by atoms with van der Waals surface area (Å²) in [4.78, 5) is 12.5. The van der Waals surface area contributed by atoms with Crippen LogP contribution in [0.2, 0.25) is 0 Å². The van der Waals surface area contributed by atoms with E-state index in [0.29, 0.717) is 12.8 Å². The van der Waals surface area contributed by atoms with Crippen molar-refractivity contribution in [3.8, 4) is 0 Å². The fourth-order valence-electron chi connectivity index (χ4n) is 5.27. The molecule has 6 nitrogen and oxygen atoms in total. The van der Waals surface area contributed by atoms with Crippen LogP contribution in [0.3, 0.4) is 0 Å². The summed E-state index contributed by atoms with van der Waals surface area (Å²) in [5.41, 5.74) is -2.16. The van der Waals surface area contributed by atoms with E-state index in [1.54, 1.807) is 6.92 Å². The monoisotopic (exact) mass is 344 g/mol. The van der Waals surface area contributed by atoms with Crippen molar-refractivity contribution < 1.29 is 27.2 Å². The van der Waals surface area contributed by atoms with Gasteiger partial charge in [-0.15, -0.1) is 0 Å². The van der Waals surface area contributed by atoms with E-state index in [0.717, 1.165) is 6.42 Å². The molecule has 3 aliphatic carbocycles. The lowest BCUT2D eigenvalue weighted by atomic mass is 9.70. The maximum atomic E-state index is 12.6. The Morgan fingerprint density at radius 2 is 2.04 bits per heavy atom. The van der Waals surface area contributed by atoms with E-state index in [1.807, 2.05) is 13.8 Å². The van der Waals surface area contributed by atoms with Crippen LogP contribution in [-0.4, -0.2) is 49.0 Å². The molecule has 1 saturated heterocycles. The number of hydrogen-bond donors (Lipinski definition) is 1. The van der Waals surface area contributed by atoms with E-state index in [1.165, 1.54) is 0 Å². The van der Waals surface area contributed by atoms with Crippen molar-refractivity contribution in [1.29, 1.82) is 0 Å². The highest BCUT2D eigenvalue weighted by Crippen LogP contribution is 2.64. The molecule has 0 aromatic carbocycles. The summed E-state index contributed by atoms with van der Waals surface area (Å²) in [6, 6.07) is 0. The summed E-state index contributed by atoms with van der Waals surface area (Å²) in [6.45, 7) is 5.65. The molecule has 1 heterocycles. The van der Waals surface area contributed by atoms with Crippen LogP contribution in [-0.2, 0) is 23.8 Å². The van der Waals surface area contributed by atoms with E-state index >= 15 is 0 Å². The van der Waals surface area contributed by atoms with E-state index in [-0.39, 0.29) is 41.5 Å². The quantitative estimate of drug-likeness (QED) is 0.604. The number of epoxide rings is 1. The minimum atomic E-state index is -3.86. The number of fused-ring (bicyclic) bond motifs is 3. The summed E-state index contributed by atoms with van der Waals surface area (Å²) < 4.78 is 35.9. The van der Waals surface area contributed by atoms with E-state index < -0.39 is 27.2 Å². The topological polar surface area (TPSA) is 93.2 Å².